The molecule has 0 aromatic carbocycles. The molecule has 0 saturated heterocycles. The smallest absolute Gasteiger partial charge is 0.244 e. The molecule has 0 spiro atoms. The molecule has 104 valence electrons. The minimum absolute atomic E-state index is 0.169. The highest BCUT2D eigenvalue weighted by Crippen LogP contribution is 2.22. The van der Waals surface area contributed by atoms with E-state index in [1.807, 2.05) is 13.8 Å². The number of nitrogens with zero attached hydrogens (tertiary/aromatic N) is 1. The standard InChI is InChI=1S/C11H21N3O3S/c1-5-11(6-2,7-15)14-18(16,17)10-8(3)12-13-9(10)4/h14-15H,5-7H2,1-4H3,(H,12,13). The molecule has 0 bridgehead atoms. The maximum atomic E-state index is 12.3. The van der Waals surface area contributed by atoms with Crippen LogP contribution in [-0.4, -0.2) is 35.9 Å². The van der Waals surface area contributed by atoms with Crippen LogP contribution in [0.1, 0.15) is 38.1 Å². The monoisotopic (exact) mass is 275 g/mol. The molecule has 1 aromatic rings. The first-order chi connectivity index (χ1) is 8.32. The molecule has 0 saturated carbocycles. The Bertz CT molecular complexity index is 476. The molecule has 1 rings (SSSR count). The Kier molecular flexibility index (Phi) is 4.52. The lowest BCUT2D eigenvalue weighted by molar-refractivity contribution is 0.172. The van der Waals surface area contributed by atoms with Gasteiger partial charge in [0.1, 0.15) is 4.90 Å². The van der Waals surface area contributed by atoms with Gasteiger partial charge < -0.3 is 5.11 Å². The average Bonchev–Trinajstić information content (AvgIpc) is 2.67. The Hall–Kier alpha value is -0.920. The van der Waals surface area contributed by atoms with Gasteiger partial charge in [0.05, 0.1) is 23.5 Å². The molecule has 1 aromatic heterocycles. The summed E-state index contributed by atoms with van der Waals surface area (Å²) >= 11 is 0. The number of hydrogen-bond acceptors (Lipinski definition) is 4. The van der Waals surface area contributed by atoms with E-state index in [0.29, 0.717) is 24.2 Å². The van der Waals surface area contributed by atoms with Crippen LogP contribution in [0, 0.1) is 13.8 Å². The number of aliphatic hydroxyl groups is 1. The van der Waals surface area contributed by atoms with Crippen molar-refractivity contribution in [1.82, 2.24) is 14.9 Å². The lowest BCUT2D eigenvalue weighted by Gasteiger charge is -2.30. The molecule has 0 unspecified atom stereocenters. The molecular weight excluding hydrogens is 254 g/mol. The molecule has 0 aliphatic carbocycles. The van der Waals surface area contributed by atoms with E-state index in [1.54, 1.807) is 13.8 Å². The van der Waals surface area contributed by atoms with Crippen molar-refractivity contribution >= 4 is 10.0 Å². The first-order valence-electron chi connectivity index (χ1n) is 5.98. The van der Waals surface area contributed by atoms with Crippen molar-refractivity contribution in [2.24, 2.45) is 0 Å². The summed E-state index contributed by atoms with van der Waals surface area (Å²) in [6, 6.07) is 0. The molecule has 6 nitrogen and oxygen atoms in total. The second-order valence-corrected chi connectivity index (χ2v) is 6.13. The van der Waals surface area contributed by atoms with Crippen LogP contribution in [0.25, 0.3) is 0 Å². The van der Waals surface area contributed by atoms with Crippen molar-refractivity contribution in [2.45, 2.75) is 51.0 Å². The summed E-state index contributed by atoms with van der Waals surface area (Å²) in [6.45, 7) is 6.76. The Morgan fingerprint density at radius 1 is 1.33 bits per heavy atom. The Morgan fingerprint density at radius 3 is 2.22 bits per heavy atom. The molecule has 0 radical (unpaired) electrons. The normalized spacial score (nSPS) is 12.9. The highest BCUT2D eigenvalue weighted by atomic mass is 32.2. The largest absolute Gasteiger partial charge is 0.394 e. The quantitative estimate of drug-likeness (QED) is 0.717. The van der Waals surface area contributed by atoms with Crippen molar-refractivity contribution in [3.8, 4) is 0 Å². The van der Waals surface area contributed by atoms with Gasteiger partial charge in [-0.15, -0.1) is 0 Å². The highest BCUT2D eigenvalue weighted by Gasteiger charge is 2.33. The molecule has 0 fully saturated rings. The van der Waals surface area contributed by atoms with Gasteiger partial charge in [-0.05, 0) is 26.7 Å². The molecule has 1 heterocycles. The molecule has 0 atom stereocenters. The number of rotatable bonds is 6. The summed E-state index contributed by atoms with van der Waals surface area (Å²) in [5.74, 6) is 0. The van der Waals surface area contributed by atoms with E-state index in [9.17, 15) is 13.5 Å². The third-order valence-electron chi connectivity index (χ3n) is 3.34. The number of aromatic amines is 1. The molecule has 3 N–H and O–H groups in total. The Morgan fingerprint density at radius 2 is 1.89 bits per heavy atom. The predicted molar refractivity (Wildman–Crippen MR) is 68.8 cm³/mol. The minimum Gasteiger partial charge on any atom is -0.394 e. The molecular formula is C11H21N3O3S. The van der Waals surface area contributed by atoms with Crippen LogP contribution in [0.2, 0.25) is 0 Å². The number of nitrogens with one attached hydrogen (secondary N) is 2. The van der Waals surface area contributed by atoms with Crippen LogP contribution in [0.4, 0.5) is 0 Å². The van der Waals surface area contributed by atoms with Crippen molar-refractivity contribution in [2.75, 3.05) is 6.61 Å². The zero-order chi connectivity index (χ0) is 14.0. The molecule has 0 aliphatic heterocycles. The van der Waals surface area contributed by atoms with Gasteiger partial charge in [-0.2, -0.15) is 5.10 Å². The van der Waals surface area contributed by atoms with E-state index >= 15 is 0 Å². The average molecular weight is 275 g/mol. The van der Waals surface area contributed by atoms with Crippen LogP contribution in [-0.2, 0) is 10.0 Å². The van der Waals surface area contributed by atoms with E-state index in [2.05, 4.69) is 14.9 Å². The number of aryl methyl sites for hydroxylation is 2. The van der Waals surface area contributed by atoms with Gasteiger partial charge in [-0.3, -0.25) is 5.10 Å². The number of aliphatic hydroxyl groups excluding tert-OH is 1. The number of sulfonamides is 1. The van der Waals surface area contributed by atoms with Crippen LogP contribution in [0.3, 0.4) is 0 Å². The maximum Gasteiger partial charge on any atom is 0.244 e. The second-order valence-electron chi connectivity index (χ2n) is 4.51. The Balaban J connectivity index is 3.17. The van der Waals surface area contributed by atoms with Crippen molar-refractivity contribution in [3.05, 3.63) is 11.4 Å². The summed E-state index contributed by atoms with van der Waals surface area (Å²) in [5, 5.41) is 16.0. The summed E-state index contributed by atoms with van der Waals surface area (Å²) < 4.78 is 27.3. The van der Waals surface area contributed by atoms with E-state index < -0.39 is 15.6 Å². The minimum atomic E-state index is -3.68. The van der Waals surface area contributed by atoms with Crippen LogP contribution < -0.4 is 4.72 Å². The fraction of sp³-hybridized carbons (Fsp3) is 0.727. The van der Waals surface area contributed by atoms with Gasteiger partial charge in [0, 0.05) is 0 Å². The summed E-state index contributed by atoms with van der Waals surface area (Å²) in [6.07, 6.45) is 1.05. The Labute approximate surface area is 108 Å². The van der Waals surface area contributed by atoms with Gasteiger partial charge in [-0.1, -0.05) is 13.8 Å². The van der Waals surface area contributed by atoms with Crippen LogP contribution >= 0.6 is 0 Å². The van der Waals surface area contributed by atoms with E-state index in [-0.39, 0.29) is 11.5 Å². The number of aromatic nitrogens is 2. The van der Waals surface area contributed by atoms with Crippen LogP contribution in [0.15, 0.2) is 4.90 Å². The van der Waals surface area contributed by atoms with Gasteiger partial charge >= 0.3 is 0 Å². The first kappa shape index (κ1) is 15.1. The third-order valence-corrected chi connectivity index (χ3v) is 5.18. The summed E-state index contributed by atoms with van der Waals surface area (Å²) in [5.41, 5.74) is 0.118. The van der Waals surface area contributed by atoms with Crippen molar-refractivity contribution in [3.63, 3.8) is 0 Å². The highest BCUT2D eigenvalue weighted by molar-refractivity contribution is 7.89. The zero-order valence-electron chi connectivity index (χ0n) is 11.2. The van der Waals surface area contributed by atoms with Gasteiger partial charge in [0.2, 0.25) is 10.0 Å². The molecule has 0 amide bonds. The number of H-pyrrole nitrogens is 1. The van der Waals surface area contributed by atoms with Crippen molar-refractivity contribution in [1.29, 1.82) is 0 Å². The van der Waals surface area contributed by atoms with Crippen molar-refractivity contribution < 1.29 is 13.5 Å². The van der Waals surface area contributed by atoms with E-state index in [4.69, 9.17) is 0 Å². The predicted octanol–water partition coefficient (Wildman–Crippen LogP) is 0.856. The van der Waals surface area contributed by atoms with E-state index in [0.717, 1.165) is 0 Å². The van der Waals surface area contributed by atoms with E-state index in [1.165, 1.54) is 0 Å². The second kappa shape index (κ2) is 5.38. The lowest BCUT2D eigenvalue weighted by Crippen LogP contribution is -2.50. The summed E-state index contributed by atoms with van der Waals surface area (Å²) in [4.78, 5) is 0.169. The zero-order valence-corrected chi connectivity index (χ0v) is 12.1. The lowest BCUT2D eigenvalue weighted by atomic mass is 9.96. The fourth-order valence-electron chi connectivity index (χ4n) is 1.92. The van der Waals surface area contributed by atoms with Gasteiger partial charge in [0.25, 0.3) is 0 Å². The summed E-state index contributed by atoms with van der Waals surface area (Å²) in [7, 11) is -3.68. The SMILES string of the molecule is CCC(CC)(CO)NS(=O)(=O)c1c(C)n[nH]c1C. The topological polar surface area (TPSA) is 95.1 Å². The molecule has 0 aliphatic rings. The fourth-order valence-corrected chi connectivity index (χ4v) is 3.83. The van der Waals surface area contributed by atoms with Crippen LogP contribution in [0.5, 0.6) is 0 Å². The number of hydrogen-bond donors (Lipinski definition) is 3. The van der Waals surface area contributed by atoms with Gasteiger partial charge in [-0.25, -0.2) is 13.1 Å². The van der Waals surface area contributed by atoms with Gasteiger partial charge in [0.15, 0.2) is 0 Å². The maximum absolute atomic E-state index is 12.3. The molecule has 7 heteroatoms. The third kappa shape index (κ3) is 2.73. The molecule has 18 heavy (non-hydrogen) atoms. The first-order valence-corrected chi connectivity index (χ1v) is 7.46.